The number of benzene rings is 2. The Balaban J connectivity index is 1.33. The van der Waals surface area contributed by atoms with Crippen LogP contribution in [-0.2, 0) is 16.8 Å². The molecule has 1 aliphatic carbocycles. The van der Waals surface area contributed by atoms with E-state index in [4.69, 9.17) is 0 Å². The number of quaternary nitrogens is 1. The van der Waals surface area contributed by atoms with Gasteiger partial charge in [0, 0.05) is 5.92 Å². The zero-order valence-corrected chi connectivity index (χ0v) is 19.7. The molecule has 2 aromatic carbocycles. The maximum atomic E-state index is 13.6. The number of carbonyl (C=O) groups is 1. The molecule has 2 aromatic rings. The number of hydrogen-bond donors (Lipinski definition) is 1. The summed E-state index contributed by atoms with van der Waals surface area (Å²) in [6, 6.07) is 20.8. The quantitative estimate of drug-likeness (QED) is 0.469. The van der Waals surface area contributed by atoms with E-state index in [1.165, 1.54) is 18.4 Å². The van der Waals surface area contributed by atoms with E-state index in [-0.39, 0.29) is 11.8 Å². The van der Waals surface area contributed by atoms with Gasteiger partial charge in [-0.1, -0.05) is 73.5 Å². The third-order valence-corrected chi connectivity index (χ3v) is 7.92. The second-order valence-corrected chi connectivity index (χ2v) is 10.4. The highest BCUT2D eigenvalue weighted by Crippen LogP contribution is 2.42. The van der Waals surface area contributed by atoms with E-state index in [2.05, 4.69) is 44.4 Å². The van der Waals surface area contributed by atoms with Crippen LogP contribution < -0.4 is 0 Å². The Kier molecular flexibility index (Phi) is 7.02. The van der Waals surface area contributed by atoms with Gasteiger partial charge in [-0.2, -0.15) is 0 Å². The normalized spacial score (nSPS) is 19.5. The summed E-state index contributed by atoms with van der Waals surface area (Å²) in [6.45, 7) is 2.60. The summed E-state index contributed by atoms with van der Waals surface area (Å²) in [5.74, 6) is -0.0622. The van der Waals surface area contributed by atoms with Crippen LogP contribution in [0, 0.1) is 5.92 Å². The van der Waals surface area contributed by atoms with Gasteiger partial charge in [0.15, 0.2) is 5.60 Å². The van der Waals surface area contributed by atoms with E-state index in [0.717, 1.165) is 61.8 Å². The Morgan fingerprint density at radius 3 is 2.19 bits per heavy atom. The monoisotopic (exact) mass is 435 g/mol. The van der Waals surface area contributed by atoms with Crippen LogP contribution >= 0.6 is 0 Å². The van der Waals surface area contributed by atoms with E-state index in [1.54, 1.807) is 0 Å². The minimum atomic E-state index is -1.38. The second kappa shape index (κ2) is 9.76. The van der Waals surface area contributed by atoms with Crippen molar-refractivity contribution in [3.8, 4) is 0 Å². The molecule has 4 rings (SSSR count). The molecule has 2 fully saturated rings. The number of unbranched alkanes of at least 4 members (excludes halogenated alkanes) is 1. The van der Waals surface area contributed by atoms with E-state index in [1.807, 2.05) is 35.2 Å². The lowest BCUT2D eigenvalue weighted by Crippen LogP contribution is -2.69. The van der Waals surface area contributed by atoms with Gasteiger partial charge in [-0.3, -0.25) is 4.79 Å². The van der Waals surface area contributed by atoms with Gasteiger partial charge in [-0.25, -0.2) is 0 Å². The number of rotatable bonds is 9. The van der Waals surface area contributed by atoms with Crippen LogP contribution in [0.4, 0.5) is 0 Å². The zero-order chi connectivity index (χ0) is 22.6. The number of nitrogens with zero attached hydrogens (tertiary/aromatic N) is 2. The summed E-state index contributed by atoms with van der Waals surface area (Å²) < 4.78 is 0.936. The lowest BCUT2D eigenvalue weighted by atomic mass is 9.78. The summed E-state index contributed by atoms with van der Waals surface area (Å²) in [5, 5.41) is 11.8. The lowest BCUT2D eigenvalue weighted by Gasteiger charge is -2.51. The third-order valence-electron chi connectivity index (χ3n) is 7.92. The highest BCUT2D eigenvalue weighted by atomic mass is 16.3. The molecule has 1 heterocycles. The predicted octanol–water partition coefficient (Wildman–Crippen LogP) is 4.37. The lowest BCUT2D eigenvalue weighted by molar-refractivity contribution is -0.919. The Morgan fingerprint density at radius 1 is 0.969 bits per heavy atom. The Labute approximate surface area is 193 Å². The molecule has 1 amide bonds. The fourth-order valence-corrected chi connectivity index (χ4v) is 5.55. The molecular weight excluding hydrogens is 396 g/mol. The van der Waals surface area contributed by atoms with Crippen LogP contribution in [0.15, 0.2) is 60.7 Å². The maximum Gasteiger partial charge on any atom is 0.259 e. The largest absolute Gasteiger partial charge is 0.375 e. The van der Waals surface area contributed by atoms with Gasteiger partial charge in [-0.15, -0.1) is 0 Å². The first-order valence-electron chi connectivity index (χ1n) is 12.3. The van der Waals surface area contributed by atoms with Gasteiger partial charge in [0.25, 0.3) is 5.91 Å². The smallest absolute Gasteiger partial charge is 0.259 e. The molecule has 1 aliphatic heterocycles. The van der Waals surface area contributed by atoms with Gasteiger partial charge < -0.3 is 14.5 Å². The van der Waals surface area contributed by atoms with Gasteiger partial charge in [-0.05, 0) is 43.2 Å². The average molecular weight is 436 g/mol. The summed E-state index contributed by atoms with van der Waals surface area (Å²) in [5.41, 5.74) is 0.788. The SMILES string of the molecule is C[N+](C)(CCCCc1ccccc1)C1CN(C(=O)C(O)(c2ccccc2)C2CCCC2)C1. The number of aryl methyl sites for hydroxylation is 1. The first-order chi connectivity index (χ1) is 15.4. The van der Waals surface area contributed by atoms with Crippen molar-refractivity contribution in [2.75, 3.05) is 33.7 Å². The number of amides is 1. The van der Waals surface area contributed by atoms with Crippen molar-refractivity contribution in [2.24, 2.45) is 5.92 Å². The second-order valence-electron chi connectivity index (χ2n) is 10.4. The van der Waals surface area contributed by atoms with Crippen molar-refractivity contribution in [3.63, 3.8) is 0 Å². The molecule has 172 valence electrons. The molecule has 0 bridgehead atoms. The van der Waals surface area contributed by atoms with Crippen molar-refractivity contribution in [3.05, 3.63) is 71.8 Å². The van der Waals surface area contributed by atoms with Crippen molar-refractivity contribution in [1.29, 1.82) is 0 Å². The standard InChI is InChI=1S/C28H39N2O2/c1-30(2,20-12-11-15-23-13-5-3-6-14-23)26-21-29(22-26)27(31)28(32,25-18-9-10-19-25)24-16-7-4-8-17-24/h3-8,13-14,16-17,25-26,32H,9-12,15,18-22H2,1-2H3/q+1. The summed E-state index contributed by atoms with van der Waals surface area (Å²) in [4.78, 5) is 15.5. The maximum absolute atomic E-state index is 13.6. The molecule has 1 atom stereocenters. The molecule has 4 heteroatoms. The number of likely N-dealkylation sites (N-methyl/N-ethyl adjacent to an activating group) is 1. The molecule has 32 heavy (non-hydrogen) atoms. The molecule has 2 aliphatic rings. The molecule has 0 radical (unpaired) electrons. The molecule has 1 saturated heterocycles. The molecule has 0 aromatic heterocycles. The Morgan fingerprint density at radius 2 is 1.56 bits per heavy atom. The number of hydrogen-bond acceptors (Lipinski definition) is 2. The molecule has 0 spiro atoms. The fraction of sp³-hybridized carbons (Fsp3) is 0.536. The van der Waals surface area contributed by atoms with E-state index < -0.39 is 5.60 Å². The average Bonchev–Trinajstić information content (AvgIpc) is 3.32. The van der Waals surface area contributed by atoms with E-state index in [0.29, 0.717) is 6.04 Å². The van der Waals surface area contributed by atoms with Crippen molar-refractivity contribution in [2.45, 2.75) is 56.6 Å². The molecule has 4 nitrogen and oxygen atoms in total. The van der Waals surface area contributed by atoms with Gasteiger partial charge in [0.1, 0.15) is 6.04 Å². The Bertz CT molecular complexity index is 871. The highest BCUT2D eigenvalue weighted by Gasteiger charge is 2.52. The molecular formula is C28H39N2O2+. The van der Waals surface area contributed by atoms with E-state index in [9.17, 15) is 9.90 Å². The zero-order valence-electron chi connectivity index (χ0n) is 19.7. The fourth-order valence-electron chi connectivity index (χ4n) is 5.55. The number of carbonyl (C=O) groups excluding carboxylic acids is 1. The first kappa shape index (κ1) is 23.0. The summed E-state index contributed by atoms with van der Waals surface area (Å²) in [7, 11) is 4.57. The topological polar surface area (TPSA) is 40.5 Å². The minimum absolute atomic E-state index is 0.0249. The summed E-state index contributed by atoms with van der Waals surface area (Å²) >= 11 is 0. The van der Waals surface area contributed by atoms with Crippen molar-refractivity contribution >= 4 is 5.91 Å². The van der Waals surface area contributed by atoms with Crippen LogP contribution in [0.2, 0.25) is 0 Å². The predicted molar refractivity (Wildman–Crippen MR) is 129 cm³/mol. The van der Waals surface area contributed by atoms with Crippen LogP contribution in [0.1, 0.15) is 49.7 Å². The highest BCUT2D eigenvalue weighted by molar-refractivity contribution is 5.87. The Hall–Kier alpha value is -2.17. The number of likely N-dealkylation sites (tertiary alicyclic amines) is 1. The van der Waals surface area contributed by atoms with Crippen LogP contribution in [0.3, 0.4) is 0 Å². The third kappa shape index (κ3) is 4.77. The molecule has 1 N–H and O–H groups in total. The van der Waals surface area contributed by atoms with Gasteiger partial charge in [0.05, 0.1) is 33.7 Å². The molecule has 1 saturated carbocycles. The van der Waals surface area contributed by atoms with Crippen LogP contribution in [-0.4, -0.2) is 60.2 Å². The number of aliphatic hydroxyl groups is 1. The van der Waals surface area contributed by atoms with Gasteiger partial charge in [0.2, 0.25) is 0 Å². The molecule has 1 unspecified atom stereocenters. The van der Waals surface area contributed by atoms with E-state index >= 15 is 0 Å². The van der Waals surface area contributed by atoms with Crippen LogP contribution in [0.25, 0.3) is 0 Å². The van der Waals surface area contributed by atoms with Gasteiger partial charge >= 0.3 is 0 Å². The van der Waals surface area contributed by atoms with Crippen LogP contribution in [0.5, 0.6) is 0 Å². The minimum Gasteiger partial charge on any atom is -0.375 e. The first-order valence-corrected chi connectivity index (χ1v) is 12.3. The summed E-state index contributed by atoms with van der Waals surface area (Å²) in [6.07, 6.45) is 7.56. The van der Waals surface area contributed by atoms with Crippen molar-refractivity contribution in [1.82, 2.24) is 4.90 Å². The van der Waals surface area contributed by atoms with Crippen molar-refractivity contribution < 1.29 is 14.4 Å².